The molecular weight excluding hydrogens is 154 g/mol. The van der Waals surface area contributed by atoms with Crippen molar-refractivity contribution in [2.45, 2.75) is 12.5 Å². The van der Waals surface area contributed by atoms with Crippen LogP contribution in [0.1, 0.15) is 6.42 Å². The standard InChI is InChI=1S/C5H11NO3S/c1-10(9)3-2-4(6)5(7)8/h4H,2-3,6H2,1H3,(H,7,8)/p-1/t4-,10+/m0/s1. The normalized spacial score (nSPS) is 16.2. The van der Waals surface area contributed by atoms with E-state index in [1.54, 1.807) is 0 Å². The predicted molar refractivity (Wildman–Crippen MR) is 36.5 cm³/mol. The van der Waals surface area contributed by atoms with Gasteiger partial charge in [-0.05, 0) is 6.42 Å². The highest BCUT2D eigenvalue weighted by atomic mass is 32.2. The summed E-state index contributed by atoms with van der Waals surface area (Å²) in [6.45, 7) is 0. The topological polar surface area (TPSA) is 83.2 Å². The van der Waals surface area contributed by atoms with E-state index < -0.39 is 22.8 Å². The fourth-order valence-corrected chi connectivity index (χ4v) is 0.997. The van der Waals surface area contributed by atoms with Crippen molar-refractivity contribution in [3.8, 4) is 0 Å². The third kappa shape index (κ3) is 4.46. The summed E-state index contributed by atoms with van der Waals surface area (Å²) in [5.74, 6) is -0.972. The van der Waals surface area contributed by atoms with Crippen LogP contribution in [-0.4, -0.2) is 28.2 Å². The molecule has 0 spiro atoms. The molecule has 0 aliphatic heterocycles. The van der Waals surface area contributed by atoms with Crippen LogP contribution in [-0.2, 0) is 15.6 Å². The van der Waals surface area contributed by atoms with Crippen molar-refractivity contribution < 1.29 is 14.1 Å². The first-order valence-corrected chi connectivity index (χ1v) is 4.53. The number of carbonyl (C=O) groups is 1. The molecule has 0 heterocycles. The van der Waals surface area contributed by atoms with Gasteiger partial charge in [0.05, 0.1) is 5.97 Å². The molecule has 0 saturated heterocycles. The summed E-state index contributed by atoms with van der Waals surface area (Å²) in [5, 5.41) is 9.98. The lowest BCUT2D eigenvalue weighted by atomic mass is 10.2. The molecule has 0 aromatic rings. The van der Waals surface area contributed by atoms with Crippen molar-refractivity contribution in [3.63, 3.8) is 0 Å². The average molecular weight is 164 g/mol. The van der Waals surface area contributed by atoms with Crippen molar-refractivity contribution in [3.05, 3.63) is 0 Å². The summed E-state index contributed by atoms with van der Waals surface area (Å²) in [6, 6.07) is -0.983. The number of carboxylic acids is 1. The van der Waals surface area contributed by atoms with E-state index in [2.05, 4.69) is 0 Å². The van der Waals surface area contributed by atoms with Gasteiger partial charge in [0.25, 0.3) is 0 Å². The van der Waals surface area contributed by atoms with Gasteiger partial charge in [0.1, 0.15) is 0 Å². The Morgan fingerprint density at radius 3 is 2.60 bits per heavy atom. The lowest BCUT2D eigenvalue weighted by Gasteiger charge is -2.10. The van der Waals surface area contributed by atoms with Crippen molar-refractivity contribution >= 4 is 16.8 Å². The second-order valence-corrected chi connectivity index (χ2v) is 3.55. The van der Waals surface area contributed by atoms with E-state index in [1.807, 2.05) is 0 Å². The second-order valence-electron chi connectivity index (χ2n) is 1.99. The fraction of sp³-hybridized carbons (Fsp3) is 0.800. The van der Waals surface area contributed by atoms with Crippen LogP contribution in [0.2, 0.25) is 0 Å². The Balaban J connectivity index is 3.49. The molecule has 0 rings (SSSR count). The molecule has 0 amide bonds. The summed E-state index contributed by atoms with van der Waals surface area (Å²) < 4.78 is 10.4. The van der Waals surface area contributed by atoms with E-state index in [0.29, 0.717) is 5.75 Å². The highest BCUT2D eigenvalue weighted by molar-refractivity contribution is 7.84. The van der Waals surface area contributed by atoms with Gasteiger partial charge < -0.3 is 15.6 Å². The quantitative estimate of drug-likeness (QED) is 0.512. The molecule has 0 aliphatic rings. The van der Waals surface area contributed by atoms with Crippen LogP contribution in [0, 0.1) is 0 Å². The summed E-state index contributed by atoms with van der Waals surface area (Å²) in [4.78, 5) is 9.98. The first-order valence-electron chi connectivity index (χ1n) is 2.80. The van der Waals surface area contributed by atoms with Gasteiger partial charge in [-0.1, -0.05) is 0 Å². The minimum atomic E-state index is -1.29. The van der Waals surface area contributed by atoms with Gasteiger partial charge in [0.2, 0.25) is 0 Å². The molecule has 0 bridgehead atoms. The smallest absolute Gasteiger partial charge is 0.0582 e. The van der Waals surface area contributed by atoms with Crippen molar-refractivity contribution in [2.75, 3.05) is 12.0 Å². The van der Waals surface area contributed by atoms with Crippen LogP contribution >= 0.6 is 0 Å². The molecule has 0 aromatic carbocycles. The molecule has 0 saturated carbocycles. The summed E-state index contributed by atoms with van der Waals surface area (Å²) in [6.07, 6.45) is 1.72. The maximum Gasteiger partial charge on any atom is 0.0582 e. The molecule has 0 radical (unpaired) electrons. The molecule has 0 unspecified atom stereocenters. The van der Waals surface area contributed by atoms with Crippen molar-refractivity contribution in [2.24, 2.45) is 5.73 Å². The largest absolute Gasteiger partial charge is 0.548 e. The number of rotatable bonds is 4. The average Bonchev–Trinajstić information content (AvgIpc) is 1.82. The van der Waals surface area contributed by atoms with Crippen molar-refractivity contribution in [1.82, 2.24) is 0 Å². The predicted octanol–water partition coefficient (Wildman–Crippen LogP) is -2.17. The van der Waals surface area contributed by atoms with Gasteiger partial charge in [-0.3, -0.25) is 4.21 Å². The number of hydrogen-bond donors (Lipinski definition) is 1. The number of nitrogens with two attached hydrogens (primary N) is 1. The molecule has 5 heteroatoms. The molecule has 2 N–H and O–H groups in total. The van der Waals surface area contributed by atoms with Gasteiger partial charge in [0, 0.05) is 28.9 Å². The second kappa shape index (κ2) is 4.40. The maximum atomic E-state index is 10.4. The van der Waals surface area contributed by atoms with Crippen LogP contribution in [0.4, 0.5) is 0 Å². The Hall–Kier alpha value is -0.420. The highest BCUT2D eigenvalue weighted by Crippen LogP contribution is 1.88. The van der Waals surface area contributed by atoms with Crippen LogP contribution in [0.15, 0.2) is 0 Å². The Morgan fingerprint density at radius 1 is 1.80 bits per heavy atom. The summed E-state index contributed by atoms with van der Waals surface area (Å²) in [7, 11) is -0.974. The van der Waals surface area contributed by atoms with Crippen LogP contribution in [0.5, 0.6) is 0 Å². The molecule has 0 aliphatic carbocycles. The fourth-order valence-electron chi connectivity index (χ4n) is 0.411. The third-order valence-corrected chi connectivity index (χ3v) is 1.83. The van der Waals surface area contributed by atoms with Crippen LogP contribution in [0.25, 0.3) is 0 Å². The Kier molecular flexibility index (Phi) is 4.22. The molecule has 10 heavy (non-hydrogen) atoms. The van der Waals surface area contributed by atoms with Gasteiger partial charge in [-0.25, -0.2) is 0 Å². The van der Waals surface area contributed by atoms with Gasteiger partial charge >= 0.3 is 0 Å². The SMILES string of the molecule is C[S@@](=O)CC[C@H](N)C(=O)[O-]. The molecular formula is C5H10NO3S-. The third-order valence-electron chi connectivity index (χ3n) is 1.02. The molecule has 2 atom stereocenters. The van der Waals surface area contributed by atoms with Gasteiger partial charge in [-0.15, -0.1) is 0 Å². The van der Waals surface area contributed by atoms with Gasteiger partial charge in [0.15, 0.2) is 0 Å². The maximum absolute atomic E-state index is 10.4. The Morgan fingerprint density at radius 2 is 2.30 bits per heavy atom. The van der Waals surface area contributed by atoms with E-state index in [4.69, 9.17) is 5.73 Å². The zero-order chi connectivity index (χ0) is 8.15. The molecule has 60 valence electrons. The van der Waals surface area contributed by atoms with Crippen LogP contribution in [0.3, 0.4) is 0 Å². The minimum absolute atomic E-state index is 0.214. The van der Waals surface area contributed by atoms with E-state index in [-0.39, 0.29) is 6.42 Å². The number of carboxylic acid groups (broad SMARTS) is 1. The number of hydrogen-bond acceptors (Lipinski definition) is 4. The number of carbonyl (C=O) groups excluding carboxylic acids is 1. The van der Waals surface area contributed by atoms with Crippen molar-refractivity contribution in [1.29, 1.82) is 0 Å². The van der Waals surface area contributed by atoms with E-state index in [1.165, 1.54) is 6.26 Å². The molecule has 0 aromatic heterocycles. The first kappa shape index (κ1) is 9.58. The van der Waals surface area contributed by atoms with E-state index >= 15 is 0 Å². The monoisotopic (exact) mass is 164 g/mol. The zero-order valence-corrected chi connectivity index (χ0v) is 6.52. The Labute approximate surface area is 61.9 Å². The first-order chi connectivity index (χ1) is 4.54. The zero-order valence-electron chi connectivity index (χ0n) is 5.70. The molecule has 0 fully saturated rings. The lowest BCUT2D eigenvalue weighted by molar-refractivity contribution is -0.307. The summed E-state index contributed by atoms with van der Waals surface area (Å²) >= 11 is 0. The van der Waals surface area contributed by atoms with E-state index in [9.17, 15) is 14.1 Å². The summed E-state index contributed by atoms with van der Waals surface area (Å²) in [5.41, 5.74) is 5.07. The highest BCUT2D eigenvalue weighted by Gasteiger charge is 2.02. The van der Waals surface area contributed by atoms with Crippen LogP contribution < -0.4 is 10.8 Å². The van der Waals surface area contributed by atoms with Gasteiger partial charge in [-0.2, -0.15) is 0 Å². The molecule has 4 nitrogen and oxygen atoms in total. The lowest BCUT2D eigenvalue weighted by Crippen LogP contribution is -2.42. The Bertz CT molecular complexity index is 148. The minimum Gasteiger partial charge on any atom is -0.548 e. The van der Waals surface area contributed by atoms with E-state index in [0.717, 1.165) is 0 Å². The number of aliphatic carboxylic acids is 1.